The van der Waals surface area contributed by atoms with E-state index in [4.69, 9.17) is 10.2 Å². The van der Waals surface area contributed by atoms with Crippen molar-refractivity contribution in [3.8, 4) is 0 Å². The molecule has 0 atom stereocenters. The van der Waals surface area contributed by atoms with Crippen molar-refractivity contribution in [2.45, 2.75) is 32.7 Å². The van der Waals surface area contributed by atoms with Crippen molar-refractivity contribution in [1.29, 1.82) is 0 Å². The zero-order valence-corrected chi connectivity index (χ0v) is 8.66. The number of aliphatic hydroxyl groups is 2. The van der Waals surface area contributed by atoms with Crippen LogP contribution in [0.25, 0.3) is 0 Å². The Labute approximate surface area is 80.4 Å². The summed E-state index contributed by atoms with van der Waals surface area (Å²) in [7, 11) is 0. The van der Waals surface area contributed by atoms with E-state index in [9.17, 15) is 0 Å². The van der Waals surface area contributed by atoms with Crippen molar-refractivity contribution in [2.24, 2.45) is 5.41 Å². The summed E-state index contributed by atoms with van der Waals surface area (Å²) >= 11 is 0. The van der Waals surface area contributed by atoms with Gasteiger partial charge in [0.2, 0.25) is 0 Å². The van der Waals surface area contributed by atoms with E-state index in [1.54, 1.807) is 0 Å². The lowest BCUT2D eigenvalue weighted by Gasteiger charge is -2.52. The van der Waals surface area contributed by atoms with Crippen LogP contribution in [0.1, 0.15) is 26.7 Å². The van der Waals surface area contributed by atoms with Crippen LogP contribution in [0.4, 0.5) is 0 Å². The Balaban J connectivity index is 2.38. The number of aliphatic hydroxyl groups excluding tert-OH is 2. The van der Waals surface area contributed by atoms with Gasteiger partial charge in [-0.2, -0.15) is 0 Å². The first-order valence-electron chi connectivity index (χ1n) is 5.17. The Morgan fingerprint density at radius 1 is 1.15 bits per heavy atom. The maximum atomic E-state index is 8.98. The fraction of sp³-hybridized carbons (Fsp3) is 1.00. The summed E-state index contributed by atoms with van der Waals surface area (Å²) in [6, 6.07) is -0.0359. The number of rotatable bonds is 5. The molecule has 1 rings (SSSR count). The van der Waals surface area contributed by atoms with Gasteiger partial charge in [0.15, 0.2) is 0 Å². The zero-order chi connectivity index (χ0) is 9.90. The molecular formula is C10H21NO2. The largest absolute Gasteiger partial charge is 0.395 e. The van der Waals surface area contributed by atoms with Crippen LogP contribution >= 0.6 is 0 Å². The van der Waals surface area contributed by atoms with Gasteiger partial charge in [0.1, 0.15) is 0 Å². The van der Waals surface area contributed by atoms with Crippen LogP contribution in [0.2, 0.25) is 0 Å². The lowest BCUT2D eigenvalue weighted by atomic mass is 9.74. The molecule has 0 radical (unpaired) electrons. The zero-order valence-electron chi connectivity index (χ0n) is 8.66. The SMILES string of the molecule is CCC1(CC)CN(C(CO)CO)C1. The van der Waals surface area contributed by atoms with E-state index < -0.39 is 0 Å². The van der Waals surface area contributed by atoms with E-state index in [2.05, 4.69) is 18.7 Å². The molecule has 1 fully saturated rings. The van der Waals surface area contributed by atoms with Gasteiger partial charge < -0.3 is 10.2 Å². The Hall–Kier alpha value is -0.120. The second-order valence-electron chi connectivity index (χ2n) is 4.13. The molecule has 2 N–H and O–H groups in total. The second-order valence-corrected chi connectivity index (χ2v) is 4.13. The van der Waals surface area contributed by atoms with Gasteiger partial charge in [-0.3, -0.25) is 4.90 Å². The third-order valence-corrected chi connectivity index (χ3v) is 3.51. The van der Waals surface area contributed by atoms with E-state index in [-0.39, 0.29) is 19.3 Å². The Kier molecular flexibility index (Phi) is 3.71. The van der Waals surface area contributed by atoms with Gasteiger partial charge in [-0.25, -0.2) is 0 Å². The van der Waals surface area contributed by atoms with Crippen molar-refractivity contribution >= 4 is 0 Å². The Bertz CT molecular complexity index is 145. The molecule has 3 heteroatoms. The normalized spacial score (nSPS) is 21.9. The first-order chi connectivity index (χ1) is 6.21. The Morgan fingerprint density at radius 2 is 1.62 bits per heavy atom. The summed E-state index contributed by atoms with van der Waals surface area (Å²) in [6.07, 6.45) is 2.40. The van der Waals surface area contributed by atoms with Crippen molar-refractivity contribution < 1.29 is 10.2 Å². The van der Waals surface area contributed by atoms with Crippen molar-refractivity contribution in [3.05, 3.63) is 0 Å². The molecule has 0 aliphatic carbocycles. The first kappa shape index (κ1) is 11.0. The van der Waals surface area contributed by atoms with E-state index in [0.29, 0.717) is 5.41 Å². The monoisotopic (exact) mass is 187 g/mol. The lowest BCUT2D eigenvalue weighted by molar-refractivity contribution is -0.0646. The summed E-state index contributed by atoms with van der Waals surface area (Å²) in [4.78, 5) is 2.17. The quantitative estimate of drug-likeness (QED) is 0.657. The molecule has 0 bridgehead atoms. The molecule has 0 spiro atoms. The lowest BCUT2D eigenvalue weighted by Crippen LogP contribution is -2.61. The summed E-state index contributed by atoms with van der Waals surface area (Å²) in [5.41, 5.74) is 0.461. The van der Waals surface area contributed by atoms with Gasteiger partial charge in [0.25, 0.3) is 0 Å². The standard InChI is InChI=1S/C10H21NO2/c1-3-10(4-2)7-11(8-10)9(5-12)6-13/h9,12-13H,3-8H2,1-2H3. The molecule has 0 aromatic carbocycles. The average Bonchev–Trinajstić information content (AvgIpc) is 2.11. The van der Waals surface area contributed by atoms with Crippen LogP contribution in [-0.4, -0.2) is 47.5 Å². The predicted molar refractivity (Wildman–Crippen MR) is 52.5 cm³/mol. The molecule has 0 aromatic heterocycles. The van der Waals surface area contributed by atoms with Crippen molar-refractivity contribution in [2.75, 3.05) is 26.3 Å². The molecule has 1 saturated heterocycles. The highest BCUT2D eigenvalue weighted by Gasteiger charge is 2.42. The maximum absolute atomic E-state index is 8.98. The number of likely N-dealkylation sites (tertiary alicyclic amines) is 1. The molecule has 0 unspecified atom stereocenters. The minimum atomic E-state index is -0.0359. The highest BCUT2D eigenvalue weighted by molar-refractivity contribution is 4.95. The average molecular weight is 187 g/mol. The molecule has 1 aliphatic rings. The summed E-state index contributed by atoms with van der Waals surface area (Å²) < 4.78 is 0. The Morgan fingerprint density at radius 3 is 1.92 bits per heavy atom. The highest BCUT2D eigenvalue weighted by atomic mass is 16.3. The van der Waals surface area contributed by atoms with Crippen LogP contribution < -0.4 is 0 Å². The fourth-order valence-electron chi connectivity index (χ4n) is 2.06. The summed E-state index contributed by atoms with van der Waals surface area (Å²) in [6.45, 7) is 6.64. The van der Waals surface area contributed by atoms with Crippen molar-refractivity contribution in [3.63, 3.8) is 0 Å². The molecule has 1 aliphatic heterocycles. The number of nitrogens with zero attached hydrogens (tertiary/aromatic N) is 1. The van der Waals surface area contributed by atoms with E-state index in [1.807, 2.05) is 0 Å². The third kappa shape index (κ3) is 2.03. The van der Waals surface area contributed by atoms with Gasteiger partial charge >= 0.3 is 0 Å². The van der Waals surface area contributed by atoms with E-state index >= 15 is 0 Å². The summed E-state index contributed by atoms with van der Waals surface area (Å²) in [5.74, 6) is 0. The van der Waals surface area contributed by atoms with Crippen molar-refractivity contribution in [1.82, 2.24) is 4.90 Å². The minimum Gasteiger partial charge on any atom is -0.395 e. The van der Waals surface area contributed by atoms with Gasteiger partial charge in [-0.05, 0) is 18.3 Å². The molecule has 0 amide bonds. The van der Waals surface area contributed by atoms with Crippen LogP contribution in [0.5, 0.6) is 0 Å². The maximum Gasteiger partial charge on any atom is 0.0609 e. The molecule has 1 heterocycles. The van der Waals surface area contributed by atoms with E-state index in [0.717, 1.165) is 13.1 Å². The van der Waals surface area contributed by atoms with Gasteiger partial charge in [0.05, 0.1) is 19.3 Å². The second kappa shape index (κ2) is 4.40. The number of hydrogen-bond acceptors (Lipinski definition) is 3. The van der Waals surface area contributed by atoms with Crippen LogP contribution in [-0.2, 0) is 0 Å². The van der Waals surface area contributed by atoms with E-state index in [1.165, 1.54) is 12.8 Å². The topological polar surface area (TPSA) is 43.7 Å². The molecular weight excluding hydrogens is 166 g/mol. The molecule has 13 heavy (non-hydrogen) atoms. The fourth-order valence-corrected chi connectivity index (χ4v) is 2.06. The number of hydrogen-bond donors (Lipinski definition) is 2. The predicted octanol–water partition coefficient (Wildman–Crippen LogP) is 0.462. The molecule has 0 aromatic rings. The molecule has 0 saturated carbocycles. The minimum absolute atomic E-state index is 0.0359. The molecule has 78 valence electrons. The third-order valence-electron chi connectivity index (χ3n) is 3.51. The first-order valence-corrected chi connectivity index (χ1v) is 5.17. The van der Waals surface area contributed by atoms with Gasteiger partial charge in [-0.15, -0.1) is 0 Å². The smallest absolute Gasteiger partial charge is 0.0609 e. The summed E-state index contributed by atoms with van der Waals surface area (Å²) in [5, 5.41) is 18.0. The highest BCUT2D eigenvalue weighted by Crippen LogP contribution is 2.37. The van der Waals surface area contributed by atoms with Crippen LogP contribution in [0.3, 0.4) is 0 Å². The molecule has 3 nitrogen and oxygen atoms in total. The van der Waals surface area contributed by atoms with Crippen LogP contribution in [0, 0.1) is 5.41 Å². The van der Waals surface area contributed by atoms with Crippen LogP contribution in [0.15, 0.2) is 0 Å². The van der Waals surface area contributed by atoms with Gasteiger partial charge in [-0.1, -0.05) is 13.8 Å². The van der Waals surface area contributed by atoms with Gasteiger partial charge in [0, 0.05) is 13.1 Å².